The van der Waals surface area contributed by atoms with Gasteiger partial charge in [0.1, 0.15) is 0 Å². The lowest BCUT2D eigenvalue weighted by molar-refractivity contribution is 1.29. The van der Waals surface area contributed by atoms with Crippen LogP contribution in [0.4, 0.5) is 17.1 Å². The average molecular weight is 670 g/mol. The van der Waals surface area contributed by atoms with Gasteiger partial charge in [0, 0.05) is 37.2 Å². The van der Waals surface area contributed by atoms with Crippen LogP contribution in [-0.2, 0) is 0 Å². The molecule has 1 atom stereocenters. The molecule has 1 unspecified atom stereocenters. The summed E-state index contributed by atoms with van der Waals surface area (Å²) < 4.78 is 2.74. The van der Waals surface area contributed by atoms with E-state index in [-0.39, 0.29) is 0 Å². The molecule has 0 radical (unpaired) electrons. The molecule has 8 aromatic carbocycles. The van der Waals surface area contributed by atoms with Gasteiger partial charge >= 0.3 is 0 Å². The Kier molecular flexibility index (Phi) is 5.84. The summed E-state index contributed by atoms with van der Waals surface area (Å²) in [5.41, 5.74) is 11.7. The molecule has 2 aliphatic heterocycles. The van der Waals surface area contributed by atoms with E-state index >= 15 is 0 Å². The standard InChI is InChI=1S/C47H31NSSi/c1-50-43-27-23-33(30-11-3-2-4-12-30)29-40(43)48(34-24-21-32(22-25-34)36-17-9-14-31-13-5-6-15-35(31)36)39-19-10-18-38(47(39)50)46-44(50)28-26-42-45(46)37-16-7-8-20-41(37)49-42/h2-29H,1H3. The summed E-state index contributed by atoms with van der Waals surface area (Å²) in [7, 11) is -2.39. The maximum absolute atomic E-state index is 2.60. The first-order chi connectivity index (χ1) is 24.7. The van der Waals surface area contributed by atoms with E-state index in [0.717, 1.165) is 0 Å². The van der Waals surface area contributed by atoms with E-state index in [1.54, 1.807) is 0 Å². The van der Waals surface area contributed by atoms with E-state index in [1.165, 1.54) is 96.9 Å². The van der Waals surface area contributed by atoms with Crippen molar-refractivity contribution < 1.29 is 0 Å². The van der Waals surface area contributed by atoms with Crippen molar-refractivity contribution in [3.05, 3.63) is 170 Å². The van der Waals surface area contributed by atoms with Crippen molar-refractivity contribution in [2.75, 3.05) is 4.90 Å². The van der Waals surface area contributed by atoms with Crippen LogP contribution in [-0.4, -0.2) is 8.07 Å². The molecular formula is C47H31NSSi. The third kappa shape index (κ3) is 3.76. The fourth-order valence-corrected chi connectivity index (χ4v) is 14.7. The molecule has 0 saturated carbocycles. The van der Waals surface area contributed by atoms with Crippen LogP contribution < -0.4 is 20.5 Å². The Bertz CT molecular complexity index is 2830. The summed E-state index contributed by atoms with van der Waals surface area (Å²) >= 11 is 1.92. The predicted octanol–water partition coefficient (Wildman–Crippen LogP) is 11.4. The zero-order valence-corrected chi connectivity index (χ0v) is 29.3. The highest BCUT2D eigenvalue weighted by Gasteiger charge is 2.50. The SMILES string of the molecule is C[Si]12c3ccc(-c4ccccc4)cc3N(c3ccc(-c4cccc5ccccc45)cc3)c3cccc(c31)-c1c2ccc2sc3ccccc3c12. The summed E-state index contributed by atoms with van der Waals surface area (Å²) in [5, 5.41) is 9.90. The number of rotatable bonds is 3. The lowest BCUT2D eigenvalue weighted by atomic mass is 9.97. The molecule has 0 amide bonds. The van der Waals surface area contributed by atoms with Crippen molar-refractivity contribution in [1.29, 1.82) is 0 Å². The number of hydrogen-bond acceptors (Lipinski definition) is 2. The number of nitrogens with zero attached hydrogens (tertiary/aromatic N) is 1. The maximum atomic E-state index is 2.60. The maximum Gasteiger partial charge on any atom is 0.152 e. The number of thiophene rings is 1. The van der Waals surface area contributed by atoms with E-state index in [9.17, 15) is 0 Å². The van der Waals surface area contributed by atoms with E-state index in [2.05, 4.69) is 181 Å². The van der Waals surface area contributed by atoms with E-state index < -0.39 is 8.07 Å². The first kappa shape index (κ1) is 28.1. The van der Waals surface area contributed by atoms with Crippen molar-refractivity contribution >= 4 is 83.0 Å². The lowest BCUT2D eigenvalue weighted by Crippen LogP contribution is -2.66. The van der Waals surface area contributed by atoms with E-state index in [4.69, 9.17) is 0 Å². The molecule has 2 aliphatic rings. The van der Waals surface area contributed by atoms with Gasteiger partial charge in [-0.15, -0.1) is 11.3 Å². The van der Waals surface area contributed by atoms with Crippen LogP contribution in [0.2, 0.25) is 6.55 Å². The van der Waals surface area contributed by atoms with Gasteiger partial charge in [0.15, 0.2) is 8.07 Å². The highest BCUT2D eigenvalue weighted by Crippen LogP contribution is 2.48. The van der Waals surface area contributed by atoms with Crippen LogP contribution in [0.3, 0.4) is 0 Å². The molecule has 0 saturated heterocycles. The first-order valence-corrected chi connectivity index (χ1v) is 20.7. The van der Waals surface area contributed by atoms with Gasteiger partial charge in [-0.1, -0.05) is 140 Å². The molecule has 1 aromatic heterocycles. The topological polar surface area (TPSA) is 3.24 Å². The molecule has 0 aliphatic carbocycles. The second kappa shape index (κ2) is 10.4. The van der Waals surface area contributed by atoms with Gasteiger partial charge in [0.2, 0.25) is 0 Å². The van der Waals surface area contributed by atoms with Crippen LogP contribution in [0.1, 0.15) is 0 Å². The molecule has 50 heavy (non-hydrogen) atoms. The summed E-state index contributed by atoms with van der Waals surface area (Å²) in [6.45, 7) is 2.60. The van der Waals surface area contributed by atoms with Crippen LogP contribution in [0.5, 0.6) is 0 Å². The third-order valence-electron chi connectivity index (χ3n) is 11.2. The molecule has 9 aromatic rings. The van der Waals surface area contributed by atoms with Crippen LogP contribution >= 0.6 is 11.3 Å². The zero-order valence-electron chi connectivity index (χ0n) is 27.5. The van der Waals surface area contributed by atoms with Crippen molar-refractivity contribution in [3.8, 4) is 33.4 Å². The fourth-order valence-electron chi connectivity index (χ4n) is 9.01. The van der Waals surface area contributed by atoms with Crippen LogP contribution in [0, 0.1) is 0 Å². The minimum absolute atomic E-state index is 1.19. The van der Waals surface area contributed by atoms with Gasteiger partial charge in [-0.05, 0) is 96.1 Å². The Morgan fingerprint density at radius 3 is 2.06 bits per heavy atom. The van der Waals surface area contributed by atoms with Crippen molar-refractivity contribution in [3.63, 3.8) is 0 Å². The Morgan fingerprint density at radius 1 is 0.480 bits per heavy atom. The monoisotopic (exact) mass is 669 g/mol. The van der Waals surface area contributed by atoms with Crippen LogP contribution in [0.15, 0.2) is 170 Å². The molecule has 0 N–H and O–H groups in total. The summed E-state index contributed by atoms with van der Waals surface area (Å²) in [4.78, 5) is 2.55. The number of fused-ring (bicyclic) bond motifs is 10. The normalized spacial score (nSPS) is 15.7. The van der Waals surface area contributed by atoms with Gasteiger partial charge in [-0.2, -0.15) is 0 Å². The Hall–Kier alpha value is -5.74. The Labute approximate surface area is 296 Å². The van der Waals surface area contributed by atoms with E-state index in [1.807, 2.05) is 11.3 Å². The van der Waals surface area contributed by atoms with Gasteiger partial charge < -0.3 is 4.90 Å². The number of benzene rings is 8. The zero-order chi connectivity index (χ0) is 33.0. The molecule has 0 spiro atoms. The molecule has 234 valence electrons. The fraction of sp³-hybridized carbons (Fsp3) is 0.0213. The minimum atomic E-state index is -2.39. The van der Waals surface area contributed by atoms with E-state index in [0.29, 0.717) is 0 Å². The quantitative estimate of drug-likeness (QED) is 0.169. The number of anilines is 3. The molecule has 11 rings (SSSR count). The highest BCUT2D eigenvalue weighted by molar-refractivity contribution is 7.26. The average Bonchev–Trinajstić information content (AvgIpc) is 3.69. The second-order valence-electron chi connectivity index (χ2n) is 13.8. The Balaban J connectivity index is 1.18. The third-order valence-corrected chi connectivity index (χ3v) is 16.9. The van der Waals surface area contributed by atoms with Crippen molar-refractivity contribution in [2.45, 2.75) is 6.55 Å². The molecule has 3 heterocycles. The Morgan fingerprint density at radius 2 is 1.18 bits per heavy atom. The molecule has 3 heteroatoms. The van der Waals surface area contributed by atoms with Gasteiger partial charge in [-0.3, -0.25) is 0 Å². The van der Waals surface area contributed by atoms with Gasteiger partial charge in [0.05, 0.1) is 0 Å². The summed E-state index contributed by atoms with van der Waals surface area (Å²) in [6, 6.07) is 63.5. The minimum Gasteiger partial charge on any atom is -0.311 e. The molecule has 0 bridgehead atoms. The molecular weight excluding hydrogens is 639 g/mol. The molecule has 0 fully saturated rings. The van der Waals surface area contributed by atoms with Gasteiger partial charge in [0.25, 0.3) is 0 Å². The smallest absolute Gasteiger partial charge is 0.152 e. The van der Waals surface area contributed by atoms with Gasteiger partial charge in [-0.25, -0.2) is 0 Å². The second-order valence-corrected chi connectivity index (χ2v) is 18.7. The summed E-state index contributed by atoms with van der Waals surface area (Å²) in [5.74, 6) is 0. The predicted molar refractivity (Wildman–Crippen MR) is 218 cm³/mol. The largest absolute Gasteiger partial charge is 0.311 e. The first-order valence-electron chi connectivity index (χ1n) is 17.4. The van der Waals surface area contributed by atoms with Crippen molar-refractivity contribution in [2.24, 2.45) is 0 Å². The van der Waals surface area contributed by atoms with Crippen molar-refractivity contribution in [1.82, 2.24) is 0 Å². The molecule has 1 nitrogen and oxygen atoms in total. The number of hydrogen-bond donors (Lipinski definition) is 0. The highest BCUT2D eigenvalue weighted by atomic mass is 32.1. The van der Waals surface area contributed by atoms with Crippen LogP contribution in [0.25, 0.3) is 64.3 Å². The summed E-state index contributed by atoms with van der Waals surface area (Å²) in [6.07, 6.45) is 0. The lowest BCUT2D eigenvalue weighted by Gasteiger charge is -2.41.